The van der Waals surface area contributed by atoms with Crippen LogP contribution in [0.25, 0.3) is 5.69 Å². The third kappa shape index (κ3) is 3.16. The van der Waals surface area contributed by atoms with Gasteiger partial charge in [-0.2, -0.15) is 0 Å². The molecule has 122 valence electrons. The SMILES string of the molecule is Cc1cc(C(=O)NCC2CNCC2O)c(C)n1-c1ccccc1. The summed E-state index contributed by atoms with van der Waals surface area (Å²) in [5, 5.41) is 15.9. The number of nitrogens with one attached hydrogen (secondary N) is 2. The number of aryl methyl sites for hydroxylation is 1. The van der Waals surface area contributed by atoms with E-state index in [1.54, 1.807) is 0 Å². The summed E-state index contributed by atoms with van der Waals surface area (Å²) in [6, 6.07) is 11.9. The van der Waals surface area contributed by atoms with Crippen LogP contribution < -0.4 is 10.6 Å². The molecule has 1 amide bonds. The van der Waals surface area contributed by atoms with Crippen molar-refractivity contribution in [3.05, 3.63) is 53.3 Å². The monoisotopic (exact) mass is 313 g/mol. The molecule has 1 fully saturated rings. The highest BCUT2D eigenvalue weighted by molar-refractivity contribution is 5.95. The molecule has 1 aliphatic heterocycles. The predicted octanol–water partition coefficient (Wildman–Crippen LogP) is 1.40. The second-order valence-electron chi connectivity index (χ2n) is 6.15. The molecule has 5 heteroatoms. The number of rotatable bonds is 4. The van der Waals surface area contributed by atoms with E-state index in [0.29, 0.717) is 18.7 Å². The quantitative estimate of drug-likeness (QED) is 0.799. The van der Waals surface area contributed by atoms with Gasteiger partial charge in [-0.15, -0.1) is 0 Å². The van der Waals surface area contributed by atoms with Gasteiger partial charge in [-0.05, 0) is 32.0 Å². The molecular weight excluding hydrogens is 290 g/mol. The molecule has 2 atom stereocenters. The third-order valence-corrected chi connectivity index (χ3v) is 4.52. The van der Waals surface area contributed by atoms with Crippen LogP contribution in [0.15, 0.2) is 36.4 Å². The van der Waals surface area contributed by atoms with Crippen molar-refractivity contribution in [2.75, 3.05) is 19.6 Å². The van der Waals surface area contributed by atoms with Crippen LogP contribution in [0.2, 0.25) is 0 Å². The zero-order chi connectivity index (χ0) is 16.4. The van der Waals surface area contributed by atoms with Gasteiger partial charge in [-0.3, -0.25) is 4.79 Å². The van der Waals surface area contributed by atoms with Gasteiger partial charge < -0.3 is 20.3 Å². The van der Waals surface area contributed by atoms with E-state index in [2.05, 4.69) is 15.2 Å². The van der Waals surface area contributed by atoms with Crippen molar-refractivity contribution in [3.63, 3.8) is 0 Å². The summed E-state index contributed by atoms with van der Waals surface area (Å²) in [6.07, 6.45) is -0.382. The Morgan fingerprint density at radius 2 is 2.04 bits per heavy atom. The highest BCUT2D eigenvalue weighted by Crippen LogP contribution is 2.20. The maximum Gasteiger partial charge on any atom is 0.253 e. The summed E-state index contributed by atoms with van der Waals surface area (Å²) in [5.41, 5.74) is 3.70. The first kappa shape index (κ1) is 15.8. The van der Waals surface area contributed by atoms with Gasteiger partial charge in [0, 0.05) is 42.6 Å². The molecular formula is C18H23N3O2. The van der Waals surface area contributed by atoms with Crippen LogP contribution in [0.3, 0.4) is 0 Å². The number of carbonyl (C=O) groups is 1. The molecule has 0 bridgehead atoms. The molecule has 2 unspecified atom stereocenters. The van der Waals surface area contributed by atoms with Gasteiger partial charge in [0.1, 0.15) is 0 Å². The summed E-state index contributed by atoms with van der Waals surface area (Å²) < 4.78 is 2.08. The van der Waals surface area contributed by atoms with Crippen LogP contribution in [-0.4, -0.2) is 41.3 Å². The molecule has 1 saturated heterocycles. The number of hydrogen-bond acceptors (Lipinski definition) is 3. The van der Waals surface area contributed by atoms with E-state index in [1.807, 2.05) is 50.2 Å². The summed E-state index contributed by atoms with van der Waals surface area (Å²) in [5.74, 6) is -0.00376. The molecule has 1 aromatic carbocycles. The number of amides is 1. The van der Waals surface area contributed by atoms with Crippen molar-refractivity contribution >= 4 is 5.91 Å². The zero-order valence-electron chi connectivity index (χ0n) is 13.5. The normalized spacial score (nSPS) is 20.7. The summed E-state index contributed by atoms with van der Waals surface area (Å²) in [7, 11) is 0. The summed E-state index contributed by atoms with van der Waals surface area (Å²) in [6.45, 7) is 5.79. The Kier molecular flexibility index (Phi) is 4.50. The third-order valence-electron chi connectivity index (χ3n) is 4.52. The van der Waals surface area contributed by atoms with Crippen LogP contribution in [0.4, 0.5) is 0 Å². The number of aliphatic hydroxyl groups is 1. The fourth-order valence-corrected chi connectivity index (χ4v) is 3.21. The second kappa shape index (κ2) is 6.56. The van der Waals surface area contributed by atoms with Gasteiger partial charge in [-0.1, -0.05) is 18.2 Å². The lowest BCUT2D eigenvalue weighted by Gasteiger charge is -2.14. The molecule has 1 aliphatic rings. The molecule has 3 N–H and O–H groups in total. The molecule has 5 nitrogen and oxygen atoms in total. The zero-order valence-corrected chi connectivity index (χ0v) is 13.5. The van der Waals surface area contributed by atoms with Gasteiger partial charge in [-0.25, -0.2) is 0 Å². The molecule has 1 aromatic heterocycles. The van der Waals surface area contributed by atoms with Gasteiger partial charge in [0.15, 0.2) is 0 Å². The minimum absolute atomic E-state index is 0.0802. The molecule has 3 rings (SSSR count). The number of carbonyl (C=O) groups excluding carboxylic acids is 1. The molecule has 23 heavy (non-hydrogen) atoms. The average Bonchev–Trinajstić information content (AvgIpc) is 3.09. The van der Waals surface area contributed by atoms with Crippen LogP contribution >= 0.6 is 0 Å². The van der Waals surface area contributed by atoms with E-state index < -0.39 is 0 Å². The van der Waals surface area contributed by atoms with E-state index in [4.69, 9.17) is 0 Å². The maximum absolute atomic E-state index is 12.5. The number of aromatic nitrogens is 1. The van der Waals surface area contributed by atoms with Gasteiger partial charge in [0.2, 0.25) is 0 Å². The van der Waals surface area contributed by atoms with Crippen LogP contribution in [0.5, 0.6) is 0 Å². The van der Waals surface area contributed by atoms with Crippen molar-refractivity contribution in [1.82, 2.24) is 15.2 Å². The Hall–Kier alpha value is -2.11. The van der Waals surface area contributed by atoms with Crippen LogP contribution in [0, 0.1) is 19.8 Å². The Balaban J connectivity index is 1.77. The van der Waals surface area contributed by atoms with Gasteiger partial charge >= 0.3 is 0 Å². The fraction of sp³-hybridized carbons (Fsp3) is 0.389. The first-order valence-electron chi connectivity index (χ1n) is 7.99. The van der Waals surface area contributed by atoms with E-state index in [0.717, 1.165) is 23.6 Å². The molecule has 0 radical (unpaired) electrons. The number of β-amino-alcohol motifs (C(OH)–C–C–N with tert-alkyl or cyclic N) is 1. The highest BCUT2D eigenvalue weighted by atomic mass is 16.3. The Morgan fingerprint density at radius 3 is 2.70 bits per heavy atom. The molecule has 2 aromatic rings. The van der Waals surface area contributed by atoms with Crippen molar-refractivity contribution in [3.8, 4) is 5.69 Å². The fourth-order valence-electron chi connectivity index (χ4n) is 3.21. The minimum atomic E-state index is -0.382. The highest BCUT2D eigenvalue weighted by Gasteiger charge is 2.25. The molecule has 2 heterocycles. The topological polar surface area (TPSA) is 66.3 Å². The largest absolute Gasteiger partial charge is 0.391 e. The first-order chi connectivity index (χ1) is 11.1. The van der Waals surface area contributed by atoms with Crippen LogP contribution in [-0.2, 0) is 0 Å². The number of nitrogens with zero attached hydrogens (tertiary/aromatic N) is 1. The lowest BCUT2D eigenvalue weighted by Crippen LogP contribution is -2.34. The Labute approximate surface area is 136 Å². The minimum Gasteiger partial charge on any atom is -0.391 e. The lowest BCUT2D eigenvalue weighted by molar-refractivity contribution is 0.0926. The number of benzene rings is 1. The van der Waals surface area contributed by atoms with Gasteiger partial charge in [0.05, 0.1) is 11.7 Å². The van der Waals surface area contributed by atoms with Gasteiger partial charge in [0.25, 0.3) is 5.91 Å². The predicted molar refractivity (Wildman–Crippen MR) is 89.9 cm³/mol. The first-order valence-corrected chi connectivity index (χ1v) is 7.99. The van der Waals surface area contributed by atoms with E-state index in [1.165, 1.54) is 0 Å². The molecule has 0 saturated carbocycles. The van der Waals surface area contributed by atoms with Crippen molar-refractivity contribution < 1.29 is 9.90 Å². The van der Waals surface area contributed by atoms with E-state index in [-0.39, 0.29) is 17.9 Å². The number of hydrogen-bond donors (Lipinski definition) is 3. The summed E-state index contributed by atoms with van der Waals surface area (Å²) in [4.78, 5) is 12.5. The van der Waals surface area contributed by atoms with E-state index >= 15 is 0 Å². The van der Waals surface area contributed by atoms with Crippen molar-refractivity contribution in [2.24, 2.45) is 5.92 Å². The lowest BCUT2D eigenvalue weighted by atomic mass is 10.1. The molecule has 0 aliphatic carbocycles. The number of aliphatic hydroxyl groups excluding tert-OH is 1. The second-order valence-corrected chi connectivity index (χ2v) is 6.15. The van der Waals surface area contributed by atoms with Crippen LogP contribution in [0.1, 0.15) is 21.7 Å². The Morgan fingerprint density at radius 1 is 1.30 bits per heavy atom. The number of para-hydroxylation sites is 1. The Bertz CT molecular complexity index is 694. The smallest absolute Gasteiger partial charge is 0.253 e. The van der Waals surface area contributed by atoms with Crippen molar-refractivity contribution in [2.45, 2.75) is 20.0 Å². The molecule has 0 spiro atoms. The average molecular weight is 313 g/mol. The maximum atomic E-state index is 12.5. The van der Waals surface area contributed by atoms with Crippen molar-refractivity contribution in [1.29, 1.82) is 0 Å². The van der Waals surface area contributed by atoms with E-state index in [9.17, 15) is 9.90 Å². The standard InChI is InChI=1S/C18H23N3O2/c1-12-8-16(13(2)21(12)15-6-4-3-5-7-15)18(23)20-10-14-9-19-11-17(14)22/h3-8,14,17,19,22H,9-11H2,1-2H3,(H,20,23). The summed E-state index contributed by atoms with van der Waals surface area (Å²) >= 11 is 0.